The van der Waals surface area contributed by atoms with Gasteiger partial charge in [-0.1, -0.05) is 12.1 Å². The van der Waals surface area contributed by atoms with E-state index >= 15 is 0 Å². The molecule has 1 aromatic carbocycles. The Kier molecular flexibility index (Phi) is 8.63. The molecule has 0 aromatic heterocycles. The summed E-state index contributed by atoms with van der Waals surface area (Å²) >= 11 is 0. The van der Waals surface area contributed by atoms with Gasteiger partial charge in [0.25, 0.3) is 5.91 Å². The van der Waals surface area contributed by atoms with Gasteiger partial charge >= 0.3 is 0 Å². The van der Waals surface area contributed by atoms with Crippen molar-refractivity contribution in [1.29, 1.82) is 0 Å². The Morgan fingerprint density at radius 3 is 2.44 bits per heavy atom. The van der Waals surface area contributed by atoms with E-state index in [4.69, 9.17) is 0 Å². The fourth-order valence-corrected chi connectivity index (χ4v) is 4.19. The Balaban J connectivity index is 0.00000312. The van der Waals surface area contributed by atoms with Crippen LogP contribution < -0.4 is 16.0 Å². The van der Waals surface area contributed by atoms with Crippen LogP contribution in [-0.4, -0.2) is 51.4 Å². The molecule has 2 rings (SSSR count). The fourth-order valence-electron chi connectivity index (χ4n) is 2.52. The predicted molar refractivity (Wildman–Crippen MR) is 110 cm³/mol. The Morgan fingerprint density at radius 1 is 1.24 bits per heavy atom. The predicted octanol–water partition coefficient (Wildman–Crippen LogP) is 0.906. The Bertz CT molecular complexity index is 705. The molecule has 1 atom stereocenters. The minimum atomic E-state index is -2.92. The lowest BCUT2D eigenvalue weighted by Crippen LogP contribution is -2.43. The van der Waals surface area contributed by atoms with Crippen LogP contribution in [0.25, 0.3) is 0 Å². The van der Waals surface area contributed by atoms with E-state index in [-0.39, 0.29) is 47.4 Å². The molecule has 1 fully saturated rings. The molecule has 1 saturated heterocycles. The van der Waals surface area contributed by atoms with Crippen molar-refractivity contribution in [1.82, 2.24) is 16.0 Å². The quantitative estimate of drug-likeness (QED) is 0.331. The molecule has 0 saturated carbocycles. The molecule has 9 heteroatoms. The van der Waals surface area contributed by atoms with E-state index in [9.17, 15) is 13.2 Å². The average Bonchev–Trinajstić information content (AvgIpc) is 2.91. The summed E-state index contributed by atoms with van der Waals surface area (Å²) in [4.78, 5) is 15.8. The van der Waals surface area contributed by atoms with E-state index in [1.165, 1.54) is 0 Å². The molecular weight excluding hydrogens is 455 g/mol. The summed E-state index contributed by atoms with van der Waals surface area (Å²) in [5.74, 6) is 0.861. The summed E-state index contributed by atoms with van der Waals surface area (Å²) in [6.07, 6.45) is 0.601. The Hall–Kier alpha value is -1.36. The van der Waals surface area contributed by atoms with Crippen LogP contribution in [-0.2, 0) is 16.4 Å². The van der Waals surface area contributed by atoms with E-state index in [1.807, 2.05) is 19.1 Å². The van der Waals surface area contributed by atoms with Crippen LogP contribution in [0.1, 0.15) is 29.3 Å². The van der Waals surface area contributed by atoms with E-state index < -0.39 is 9.84 Å². The third-order valence-corrected chi connectivity index (χ3v) is 5.58. The molecule has 7 nitrogen and oxygen atoms in total. The van der Waals surface area contributed by atoms with Gasteiger partial charge in [0.15, 0.2) is 15.8 Å². The van der Waals surface area contributed by atoms with Gasteiger partial charge < -0.3 is 16.0 Å². The number of amides is 1. The summed E-state index contributed by atoms with van der Waals surface area (Å²) in [5.41, 5.74) is 1.63. The van der Waals surface area contributed by atoms with Gasteiger partial charge in [-0.25, -0.2) is 8.42 Å². The molecule has 25 heavy (non-hydrogen) atoms. The lowest BCUT2D eigenvalue weighted by molar-refractivity contribution is 0.0956. The molecule has 1 aliphatic heterocycles. The van der Waals surface area contributed by atoms with Gasteiger partial charge in [0, 0.05) is 31.7 Å². The number of nitrogens with one attached hydrogen (secondary N) is 3. The Labute approximate surface area is 166 Å². The molecule has 1 unspecified atom stereocenters. The maximum absolute atomic E-state index is 11.7. The van der Waals surface area contributed by atoms with Crippen LogP contribution >= 0.6 is 24.0 Å². The third kappa shape index (κ3) is 6.81. The zero-order valence-corrected chi connectivity index (χ0v) is 17.6. The highest BCUT2D eigenvalue weighted by atomic mass is 127. The zero-order chi connectivity index (χ0) is 17.6. The normalized spacial score (nSPS) is 19.0. The van der Waals surface area contributed by atoms with Crippen LogP contribution in [0.2, 0.25) is 0 Å². The number of guanidine groups is 1. The van der Waals surface area contributed by atoms with Crippen molar-refractivity contribution in [2.75, 3.05) is 25.1 Å². The molecule has 1 aliphatic rings. The molecule has 0 radical (unpaired) electrons. The van der Waals surface area contributed by atoms with E-state index in [0.29, 0.717) is 31.0 Å². The van der Waals surface area contributed by atoms with Gasteiger partial charge in [-0.15, -0.1) is 24.0 Å². The average molecular weight is 480 g/mol. The summed E-state index contributed by atoms with van der Waals surface area (Å²) in [6.45, 7) is 3.01. The summed E-state index contributed by atoms with van der Waals surface area (Å²) in [5, 5.41) is 9.05. The highest BCUT2D eigenvalue weighted by molar-refractivity contribution is 14.0. The molecule has 1 heterocycles. The fraction of sp³-hybridized carbons (Fsp3) is 0.500. The van der Waals surface area contributed by atoms with Gasteiger partial charge in [0.2, 0.25) is 0 Å². The topological polar surface area (TPSA) is 99.7 Å². The highest BCUT2D eigenvalue weighted by Crippen LogP contribution is 2.11. The largest absolute Gasteiger partial charge is 0.353 e. The van der Waals surface area contributed by atoms with Crippen molar-refractivity contribution in [2.45, 2.75) is 25.9 Å². The van der Waals surface area contributed by atoms with Crippen molar-refractivity contribution >= 4 is 45.7 Å². The number of nitrogens with zero attached hydrogens (tertiary/aromatic N) is 1. The molecule has 1 aromatic rings. The molecule has 0 spiro atoms. The maximum atomic E-state index is 11.7. The first-order valence-corrected chi connectivity index (χ1v) is 9.80. The van der Waals surface area contributed by atoms with Crippen LogP contribution in [0.15, 0.2) is 29.3 Å². The summed E-state index contributed by atoms with van der Waals surface area (Å²) in [6, 6.07) is 7.22. The van der Waals surface area contributed by atoms with E-state index in [2.05, 4.69) is 20.9 Å². The first-order chi connectivity index (χ1) is 11.4. The summed E-state index contributed by atoms with van der Waals surface area (Å²) < 4.78 is 23.0. The number of carbonyl (C=O) groups excluding carboxylic acids is 1. The van der Waals surface area contributed by atoms with Gasteiger partial charge in [0.1, 0.15) is 0 Å². The number of hydrogen-bond acceptors (Lipinski definition) is 4. The first kappa shape index (κ1) is 21.7. The standard InChI is InChI=1S/C16H24N4O3S.HI/c1-3-18-15(21)13-6-4-12(5-7-13)10-19-16(17-2)20-14-8-9-24(22,23)11-14;/h4-7,14H,3,8-11H2,1-2H3,(H,18,21)(H2,17,19,20);1H. The molecule has 1 amide bonds. The van der Waals surface area contributed by atoms with Gasteiger partial charge in [-0.3, -0.25) is 9.79 Å². The smallest absolute Gasteiger partial charge is 0.251 e. The Morgan fingerprint density at radius 2 is 1.92 bits per heavy atom. The lowest BCUT2D eigenvalue weighted by Gasteiger charge is -2.16. The number of rotatable bonds is 5. The van der Waals surface area contributed by atoms with Crippen molar-refractivity contribution in [3.05, 3.63) is 35.4 Å². The molecular formula is C16H25IN4O3S. The molecule has 3 N–H and O–H groups in total. The molecule has 0 bridgehead atoms. The second-order valence-electron chi connectivity index (χ2n) is 5.73. The first-order valence-electron chi connectivity index (χ1n) is 7.98. The van der Waals surface area contributed by atoms with Crippen LogP contribution in [0.5, 0.6) is 0 Å². The molecule has 140 valence electrons. The van der Waals surface area contributed by atoms with Crippen LogP contribution in [0.4, 0.5) is 0 Å². The zero-order valence-electron chi connectivity index (χ0n) is 14.4. The second-order valence-corrected chi connectivity index (χ2v) is 7.96. The SMILES string of the molecule is CCNC(=O)c1ccc(CNC(=NC)NC2CCS(=O)(=O)C2)cc1.I. The van der Waals surface area contributed by atoms with Crippen molar-refractivity contribution in [2.24, 2.45) is 4.99 Å². The number of sulfone groups is 1. The van der Waals surface area contributed by atoms with Gasteiger partial charge in [-0.05, 0) is 31.0 Å². The molecule has 0 aliphatic carbocycles. The van der Waals surface area contributed by atoms with Crippen molar-refractivity contribution < 1.29 is 13.2 Å². The van der Waals surface area contributed by atoms with E-state index in [0.717, 1.165) is 5.56 Å². The minimum Gasteiger partial charge on any atom is -0.353 e. The van der Waals surface area contributed by atoms with Crippen molar-refractivity contribution in [3.8, 4) is 0 Å². The van der Waals surface area contributed by atoms with Gasteiger partial charge in [-0.2, -0.15) is 0 Å². The second kappa shape index (κ2) is 9.95. The van der Waals surface area contributed by atoms with E-state index in [1.54, 1.807) is 19.2 Å². The van der Waals surface area contributed by atoms with Crippen LogP contribution in [0.3, 0.4) is 0 Å². The number of halogens is 1. The number of carbonyl (C=O) groups is 1. The van der Waals surface area contributed by atoms with Gasteiger partial charge in [0.05, 0.1) is 11.5 Å². The maximum Gasteiger partial charge on any atom is 0.251 e. The number of aliphatic imine (C=N–C) groups is 1. The van der Waals surface area contributed by atoms with Crippen LogP contribution in [0, 0.1) is 0 Å². The minimum absolute atomic E-state index is 0. The number of benzene rings is 1. The lowest BCUT2D eigenvalue weighted by atomic mass is 10.1. The monoisotopic (exact) mass is 480 g/mol. The highest BCUT2D eigenvalue weighted by Gasteiger charge is 2.28. The summed E-state index contributed by atoms with van der Waals surface area (Å²) in [7, 11) is -1.27. The van der Waals surface area contributed by atoms with Crippen molar-refractivity contribution in [3.63, 3.8) is 0 Å². The number of hydrogen-bond donors (Lipinski definition) is 3. The third-order valence-electron chi connectivity index (χ3n) is 3.81.